The first-order valence-corrected chi connectivity index (χ1v) is 9.83. The SMILES string of the molecule is O=C(NC(CC1CC1)C(=O)N1CCC2OCC(=O)C21)c1ccc(Br)cc1. The van der Waals surface area contributed by atoms with Crippen LogP contribution in [0.15, 0.2) is 28.7 Å². The average molecular weight is 421 g/mol. The van der Waals surface area contributed by atoms with Crippen LogP contribution in [0, 0.1) is 5.92 Å². The van der Waals surface area contributed by atoms with Crippen LogP contribution in [-0.2, 0) is 14.3 Å². The van der Waals surface area contributed by atoms with Crippen molar-refractivity contribution >= 4 is 33.5 Å². The maximum absolute atomic E-state index is 13.1. The van der Waals surface area contributed by atoms with Crippen LogP contribution in [0.5, 0.6) is 0 Å². The highest BCUT2D eigenvalue weighted by Gasteiger charge is 2.48. The number of ether oxygens (including phenoxy) is 1. The second kappa shape index (κ2) is 7.12. The molecule has 1 aromatic carbocycles. The van der Waals surface area contributed by atoms with E-state index in [4.69, 9.17) is 4.74 Å². The van der Waals surface area contributed by atoms with Gasteiger partial charge in [0.1, 0.15) is 18.7 Å². The quantitative estimate of drug-likeness (QED) is 0.789. The summed E-state index contributed by atoms with van der Waals surface area (Å²) in [4.78, 5) is 39.4. The van der Waals surface area contributed by atoms with Crippen LogP contribution in [0.1, 0.15) is 36.0 Å². The van der Waals surface area contributed by atoms with Gasteiger partial charge in [0.05, 0.1) is 6.10 Å². The lowest BCUT2D eigenvalue weighted by Crippen LogP contribution is -2.52. The number of hydrogen-bond acceptors (Lipinski definition) is 4. The van der Waals surface area contributed by atoms with Gasteiger partial charge in [-0.2, -0.15) is 0 Å². The Morgan fingerprint density at radius 1 is 1.23 bits per heavy atom. The topological polar surface area (TPSA) is 75.7 Å². The van der Waals surface area contributed by atoms with Gasteiger partial charge in [-0.25, -0.2) is 0 Å². The van der Waals surface area contributed by atoms with Crippen molar-refractivity contribution in [3.8, 4) is 0 Å². The van der Waals surface area contributed by atoms with Crippen molar-refractivity contribution in [1.82, 2.24) is 10.2 Å². The van der Waals surface area contributed by atoms with Gasteiger partial charge in [0.2, 0.25) is 5.91 Å². The van der Waals surface area contributed by atoms with Crippen molar-refractivity contribution in [1.29, 1.82) is 0 Å². The van der Waals surface area contributed by atoms with E-state index in [2.05, 4.69) is 21.2 Å². The Bertz CT molecular complexity index is 732. The Hall–Kier alpha value is -1.73. The Kier molecular flexibility index (Phi) is 4.84. The fourth-order valence-electron chi connectivity index (χ4n) is 3.79. The molecule has 0 bridgehead atoms. The van der Waals surface area contributed by atoms with Crippen LogP contribution >= 0.6 is 15.9 Å². The van der Waals surface area contributed by atoms with E-state index in [-0.39, 0.29) is 30.3 Å². The molecule has 1 aromatic rings. The molecule has 3 aliphatic rings. The molecule has 3 fully saturated rings. The van der Waals surface area contributed by atoms with Crippen LogP contribution in [-0.4, -0.2) is 53.8 Å². The van der Waals surface area contributed by atoms with Gasteiger partial charge in [-0.15, -0.1) is 0 Å². The third-order valence-electron chi connectivity index (χ3n) is 5.37. The van der Waals surface area contributed by atoms with E-state index in [0.29, 0.717) is 30.9 Å². The second-order valence-corrected chi connectivity index (χ2v) is 8.21. The number of carbonyl (C=O) groups excluding carboxylic acids is 3. The van der Waals surface area contributed by atoms with Gasteiger partial charge in [0.25, 0.3) is 5.91 Å². The van der Waals surface area contributed by atoms with Crippen LogP contribution in [0.3, 0.4) is 0 Å². The third-order valence-corrected chi connectivity index (χ3v) is 5.90. The van der Waals surface area contributed by atoms with Crippen molar-refractivity contribution < 1.29 is 19.1 Å². The lowest BCUT2D eigenvalue weighted by molar-refractivity contribution is -0.138. The van der Waals surface area contributed by atoms with Crippen molar-refractivity contribution in [3.05, 3.63) is 34.3 Å². The van der Waals surface area contributed by atoms with E-state index in [1.807, 2.05) is 0 Å². The van der Waals surface area contributed by atoms with E-state index in [0.717, 1.165) is 17.3 Å². The van der Waals surface area contributed by atoms with E-state index in [1.54, 1.807) is 29.2 Å². The molecule has 2 aliphatic heterocycles. The van der Waals surface area contributed by atoms with Crippen LogP contribution < -0.4 is 5.32 Å². The fraction of sp³-hybridized carbons (Fsp3) is 0.526. The minimum Gasteiger partial charge on any atom is -0.368 e. The zero-order chi connectivity index (χ0) is 18.3. The Morgan fingerprint density at radius 2 is 1.96 bits per heavy atom. The first-order valence-electron chi connectivity index (χ1n) is 9.04. The Morgan fingerprint density at radius 3 is 2.65 bits per heavy atom. The summed E-state index contributed by atoms with van der Waals surface area (Å²) in [5, 5.41) is 2.90. The number of nitrogens with zero attached hydrogens (tertiary/aromatic N) is 1. The number of carbonyl (C=O) groups is 3. The van der Waals surface area contributed by atoms with E-state index in [1.165, 1.54) is 0 Å². The van der Waals surface area contributed by atoms with Crippen molar-refractivity contribution in [2.45, 2.75) is 43.9 Å². The van der Waals surface area contributed by atoms with Crippen molar-refractivity contribution in [2.24, 2.45) is 5.92 Å². The molecule has 138 valence electrons. The van der Waals surface area contributed by atoms with Gasteiger partial charge < -0.3 is 15.0 Å². The molecule has 26 heavy (non-hydrogen) atoms. The van der Waals surface area contributed by atoms with Crippen LogP contribution in [0.25, 0.3) is 0 Å². The summed E-state index contributed by atoms with van der Waals surface area (Å²) < 4.78 is 6.36. The molecule has 0 radical (unpaired) electrons. The molecule has 7 heteroatoms. The summed E-state index contributed by atoms with van der Waals surface area (Å²) in [6.07, 6.45) is 3.30. The Balaban J connectivity index is 1.49. The molecule has 0 spiro atoms. The molecule has 1 N–H and O–H groups in total. The normalized spacial score (nSPS) is 25.9. The highest BCUT2D eigenvalue weighted by molar-refractivity contribution is 9.10. The number of hydrogen-bond donors (Lipinski definition) is 1. The molecule has 2 amide bonds. The highest BCUT2D eigenvalue weighted by Crippen LogP contribution is 2.35. The monoisotopic (exact) mass is 420 g/mol. The standard InChI is InChI=1S/C19H21BrN2O4/c20-13-5-3-12(4-6-13)18(24)21-14(9-11-1-2-11)19(25)22-8-7-16-17(22)15(23)10-26-16/h3-6,11,14,16-17H,1-2,7-10H2,(H,21,24). The molecule has 2 saturated heterocycles. The summed E-state index contributed by atoms with van der Waals surface area (Å²) in [5.41, 5.74) is 0.515. The molecule has 2 heterocycles. The summed E-state index contributed by atoms with van der Waals surface area (Å²) in [6.45, 7) is 0.590. The summed E-state index contributed by atoms with van der Waals surface area (Å²) in [7, 11) is 0. The maximum atomic E-state index is 13.1. The lowest BCUT2D eigenvalue weighted by atomic mass is 10.1. The molecule has 4 rings (SSSR count). The number of ketones is 1. The molecule has 6 nitrogen and oxygen atoms in total. The number of nitrogens with one attached hydrogen (secondary N) is 1. The molecule has 3 atom stereocenters. The highest BCUT2D eigenvalue weighted by atomic mass is 79.9. The first kappa shape index (κ1) is 17.7. The van der Waals surface area contributed by atoms with Gasteiger partial charge in [-0.3, -0.25) is 14.4 Å². The van der Waals surface area contributed by atoms with E-state index < -0.39 is 12.1 Å². The number of likely N-dealkylation sites (tertiary alicyclic amines) is 1. The molecule has 1 saturated carbocycles. The van der Waals surface area contributed by atoms with Gasteiger partial charge >= 0.3 is 0 Å². The number of benzene rings is 1. The molecule has 1 aliphatic carbocycles. The number of amides is 2. The first-order chi connectivity index (χ1) is 12.5. The number of fused-ring (bicyclic) bond motifs is 1. The van der Waals surface area contributed by atoms with E-state index in [9.17, 15) is 14.4 Å². The lowest BCUT2D eigenvalue weighted by Gasteiger charge is -2.27. The van der Waals surface area contributed by atoms with E-state index >= 15 is 0 Å². The molecular formula is C19H21BrN2O4. The van der Waals surface area contributed by atoms with Gasteiger partial charge in [0.15, 0.2) is 5.78 Å². The molecule has 3 unspecified atom stereocenters. The summed E-state index contributed by atoms with van der Waals surface area (Å²) >= 11 is 3.35. The summed E-state index contributed by atoms with van der Waals surface area (Å²) in [5.74, 6) is 0.0170. The Labute approximate surface area is 160 Å². The fourth-order valence-corrected chi connectivity index (χ4v) is 4.06. The zero-order valence-electron chi connectivity index (χ0n) is 14.3. The number of rotatable bonds is 5. The van der Waals surface area contributed by atoms with Crippen LogP contribution in [0.2, 0.25) is 0 Å². The van der Waals surface area contributed by atoms with Crippen molar-refractivity contribution in [2.75, 3.05) is 13.2 Å². The predicted octanol–water partition coefficient (Wildman–Crippen LogP) is 1.92. The maximum Gasteiger partial charge on any atom is 0.251 e. The molecule has 0 aromatic heterocycles. The van der Waals surface area contributed by atoms with Crippen molar-refractivity contribution in [3.63, 3.8) is 0 Å². The van der Waals surface area contributed by atoms with Gasteiger partial charge in [-0.1, -0.05) is 28.8 Å². The largest absolute Gasteiger partial charge is 0.368 e. The number of halogens is 1. The zero-order valence-corrected chi connectivity index (χ0v) is 15.9. The smallest absolute Gasteiger partial charge is 0.251 e. The minimum absolute atomic E-state index is 0.0368. The minimum atomic E-state index is -0.592. The third kappa shape index (κ3) is 3.55. The van der Waals surface area contributed by atoms with Crippen LogP contribution in [0.4, 0.5) is 0 Å². The van der Waals surface area contributed by atoms with Gasteiger partial charge in [0, 0.05) is 16.6 Å². The van der Waals surface area contributed by atoms with Gasteiger partial charge in [-0.05, 0) is 43.0 Å². The molecular weight excluding hydrogens is 400 g/mol. The predicted molar refractivity (Wildman–Crippen MR) is 97.6 cm³/mol. The number of Topliss-reactive ketones (excluding diaryl/α,β-unsaturated/α-hetero) is 1. The summed E-state index contributed by atoms with van der Waals surface area (Å²) in [6, 6.07) is 5.97. The average Bonchev–Trinajstić information content (AvgIpc) is 3.22. The second-order valence-electron chi connectivity index (χ2n) is 7.29.